The summed E-state index contributed by atoms with van der Waals surface area (Å²) in [5, 5.41) is 0. The van der Waals surface area contributed by atoms with E-state index in [1.165, 1.54) is 135 Å². The first-order chi connectivity index (χ1) is 28.5. The summed E-state index contributed by atoms with van der Waals surface area (Å²) >= 11 is 0. The Labute approximate surface area is 359 Å². The molecule has 0 saturated carbocycles. The van der Waals surface area contributed by atoms with Crippen molar-refractivity contribution < 1.29 is 28.6 Å². The quantitative estimate of drug-likeness (QED) is 0.0264. The van der Waals surface area contributed by atoms with Crippen molar-refractivity contribution in [3.63, 3.8) is 0 Å². The maximum atomic E-state index is 12.7. The van der Waals surface area contributed by atoms with Crippen LogP contribution in [0.2, 0.25) is 0 Å². The van der Waals surface area contributed by atoms with E-state index in [4.69, 9.17) is 14.2 Å². The second-order valence-corrected chi connectivity index (χ2v) is 16.7. The molecule has 1 unspecified atom stereocenters. The van der Waals surface area contributed by atoms with Gasteiger partial charge in [0, 0.05) is 19.3 Å². The lowest BCUT2D eigenvalue weighted by Crippen LogP contribution is -2.30. The van der Waals surface area contributed by atoms with Crippen LogP contribution in [0.15, 0.2) is 36.5 Å². The highest BCUT2D eigenvalue weighted by atomic mass is 16.6. The molecule has 0 aliphatic rings. The number of esters is 3. The van der Waals surface area contributed by atoms with Gasteiger partial charge in [-0.15, -0.1) is 0 Å². The van der Waals surface area contributed by atoms with Crippen molar-refractivity contribution in [2.24, 2.45) is 0 Å². The van der Waals surface area contributed by atoms with Gasteiger partial charge >= 0.3 is 17.9 Å². The fourth-order valence-electron chi connectivity index (χ4n) is 7.05. The second kappa shape index (κ2) is 47.3. The molecule has 0 saturated heterocycles. The summed E-state index contributed by atoms with van der Waals surface area (Å²) in [7, 11) is 0. The van der Waals surface area contributed by atoms with Crippen LogP contribution >= 0.6 is 0 Å². The molecule has 0 bridgehead atoms. The highest BCUT2D eigenvalue weighted by Crippen LogP contribution is 2.15. The van der Waals surface area contributed by atoms with Crippen molar-refractivity contribution in [3.05, 3.63) is 36.5 Å². The lowest BCUT2D eigenvalue weighted by molar-refractivity contribution is -0.167. The highest BCUT2D eigenvalue weighted by molar-refractivity contribution is 5.71. The lowest BCUT2D eigenvalue weighted by atomic mass is 10.0. The van der Waals surface area contributed by atoms with E-state index in [1.54, 1.807) is 0 Å². The van der Waals surface area contributed by atoms with Crippen molar-refractivity contribution in [3.8, 4) is 0 Å². The molecule has 338 valence electrons. The van der Waals surface area contributed by atoms with Crippen LogP contribution < -0.4 is 0 Å². The molecule has 0 aromatic heterocycles. The minimum absolute atomic E-state index is 0.0754. The summed E-state index contributed by atoms with van der Waals surface area (Å²) in [4.78, 5) is 37.5. The van der Waals surface area contributed by atoms with Gasteiger partial charge in [-0.1, -0.05) is 198 Å². The molecule has 0 amide bonds. The fraction of sp³-hybridized carbons (Fsp3) is 0.827. The molecule has 0 aromatic carbocycles. The molecular formula is C52H94O6. The van der Waals surface area contributed by atoms with E-state index in [0.29, 0.717) is 19.3 Å². The van der Waals surface area contributed by atoms with Gasteiger partial charge in [0.1, 0.15) is 13.2 Å². The molecule has 0 aliphatic heterocycles. The van der Waals surface area contributed by atoms with E-state index in [1.807, 2.05) is 0 Å². The van der Waals surface area contributed by atoms with E-state index in [9.17, 15) is 14.4 Å². The van der Waals surface area contributed by atoms with Crippen LogP contribution in [0.25, 0.3) is 0 Å². The molecule has 0 radical (unpaired) electrons. The molecule has 6 heteroatoms. The lowest BCUT2D eigenvalue weighted by Gasteiger charge is -2.18. The Balaban J connectivity index is 4.08. The van der Waals surface area contributed by atoms with E-state index in [0.717, 1.165) is 83.5 Å². The van der Waals surface area contributed by atoms with Crippen LogP contribution in [0.1, 0.15) is 258 Å². The van der Waals surface area contributed by atoms with E-state index in [-0.39, 0.29) is 31.1 Å². The van der Waals surface area contributed by atoms with E-state index in [2.05, 4.69) is 57.2 Å². The predicted molar refractivity (Wildman–Crippen MR) is 247 cm³/mol. The average Bonchev–Trinajstić information content (AvgIpc) is 3.22. The maximum absolute atomic E-state index is 12.7. The molecule has 0 heterocycles. The third-order valence-electron chi connectivity index (χ3n) is 10.9. The summed E-state index contributed by atoms with van der Waals surface area (Å²) in [6.45, 7) is 6.52. The molecule has 0 rings (SSSR count). The van der Waals surface area contributed by atoms with Gasteiger partial charge in [0.25, 0.3) is 0 Å². The molecule has 0 aliphatic carbocycles. The molecule has 0 aromatic rings. The van der Waals surface area contributed by atoms with Crippen molar-refractivity contribution in [2.45, 2.75) is 264 Å². The normalized spacial score (nSPS) is 12.3. The summed E-state index contributed by atoms with van der Waals surface area (Å²) in [6.07, 6.45) is 54.5. The van der Waals surface area contributed by atoms with Crippen molar-refractivity contribution >= 4 is 17.9 Å². The van der Waals surface area contributed by atoms with Crippen LogP contribution in [0.3, 0.4) is 0 Å². The molecule has 0 spiro atoms. The van der Waals surface area contributed by atoms with Crippen molar-refractivity contribution in [1.29, 1.82) is 0 Å². The van der Waals surface area contributed by atoms with E-state index >= 15 is 0 Å². The predicted octanol–water partition coefficient (Wildman–Crippen LogP) is 16.1. The van der Waals surface area contributed by atoms with Crippen LogP contribution in [0, 0.1) is 0 Å². The largest absolute Gasteiger partial charge is 0.462 e. The first kappa shape index (κ1) is 55.6. The molecule has 1 atom stereocenters. The number of carbonyl (C=O) groups excluding carboxylic acids is 3. The number of hydrogen-bond donors (Lipinski definition) is 0. The van der Waals surface area contributed by atoms with E-state index < -0.39 is 6.10 Å². The molecule has 58 heavy (non-hydrogen) atoms. The Hall–Kier alpha value is -2.37. The number of carbonyl (C=O) groups is 3. The first-order valence-corrected chi connectivity index (χ1v) is 25.0. The Morgan fingerprint density at radius 2 is 0.621 bits per heavy atom. The fourth-order valence-corrected chi connectivity index (χ4v) is 7.05. The van der Waals surface area contributed by atoms with Gasteiger partial charge in [0.15, 0.2) is 6.10 Å². The minimum atomic E-state index is -0.770. The zero-order valence-electron chi connectivity index (χ0n) is 38.6. The SMILES string of the molecule is CCCCC/C=C\CCCCCCCC(=O)OC(COC(=O)CCCCCCC)COC(=O)CCCCCCCCCCCCC/C=C\C/C=C\CCCCCCC. The second-order valence-electron chi connectivity index (χ2n) is 16.7. The summed E-state index contributed by atoms with van der Waals surface area (Å²) in [5.41, 5.74) is 0. The van der Waals surface area contributed by atoms with Gasteiger partial charge in [-0.2, -0.15) is 0 Å². The van der Waals surface area contributed by atoms with Gasteiger partial charge in [-0.3, -0.25) is 14.4 Å². The molecule has 0 N–H and O–H groups in total. The third-order valence-corrected chi connectivity index (χ3v) is 10.9. The topological polar surface area (TPSA) is 78.9 Å². The standard InChI is InChI=1S/C52H94O6/c1-4-7-10-13-15-17-19-21-22-23-24-25-26-27-28-29-30-31-33-34-36-39-42-45-51(54)57-48-49(47-56-50(53)44-41-38-12-9-6-3)58-52(55)46-43-40-37-35-32-20-18-16-14-11-8-5-2/h16,18-19,21,23-24,49H,4-15,17,20,22,25-48H2,1-3H3/b18-16-,21-19-,24-23-. The van der Waals surface area contributed by atoms with Gasteiger partial charge in [-0.05, 0) is 77.0 Å². The highest BCUT2D eigenvalue weighted by Gasteiger charge is 2.19. The van der Waals surface area contributed by atoms with Gasteiger partial charge in [0.2, 0.25) is 0 Å². The van der Waals surface area contributed by atoms with Crippen LogP contribution in [-0.2, 0) is 28.6 Å². The number of ether oxygens (including phenoxy) is 3. The van der Waals surface area contributed by atoms with Gasteiger partial charge in [0.05, 0.1) is 0 Å². The number of rotatable bonds is 45. The molecular weight excluding hydrogens is 721 g/mol. The Morgan fingerprint density at radius 3 is 1.00 bits per heavy atom. The third kappa shape index (κ3) is 44.7. The van der Waals surface area contributed by atoms with Crippen LogP contribution in [-0.4, -0.2) is 37.2 Å². The van der Waals surface area contributed by atoms with Crippen molar-refractivity contribution in [1.82, 2.24) is 0 Å². The maximum Gasteiger partial charge on any atom is 0.306 e. The molecule has 6 nitrogen and oxygen atoms in total. The number of allylic oxidation sites excluding steroid dienone is 6. The van der Waals surface area contributed by atoms with Crippen LogP contribution in [0.5, 0.6) is 0 Å². The zero-order chi connectivity index (χ0) is 42.3. The van der Waals surface area contributed by atoms with Gasteiger partial charge < -0.3 is 14.2 Å². The first-order valence-electron chi connectivity index (χ1n) is 25.0. The van der Waals surface area contributed by atoms with Gasteiger partial charge in [-0.25, -0.2) is 0 Å². The monoisotopic (exact) mass is 815 g/mol. The van der Waals surface area contributed by atoms with Crippen molar-refractivity contribution in [2.75, 3.05) is 13.2 Å². The Kier molecular flexibility index (Phi) is 45.4. The smallest absolute Gasteiger partial charge is 0.306 e. The summed E-state index contributed by atoms with van der Waals surface area (Å²) in [5.74, 6) is -0.896. The number of unbranched alkanes of at least 4 members (excludes halogenated alkanes) is 28. The minimum Gasteiger partial charge on any atom is -0.462 e. The molecule has 0 fully saturated rings. The summed E-state index contributed by atoms with van der Waals surface area (Å²) in [6, 6.07) is 0. The average molecular weight is 815 g/mol. The Morgan fingerprint density at radius 1 is 0.345 bits per heavy atom. The van der Waals surface area contributed by atoms with Crippen LogP contribution in [0.4, 0.5) is 0 Å². The summed E-state index contributed by atoms with van der Waals surface area (Å²) < 4.78 is 16.6. The zero-order valence-corrected chi connectivity index (χ0v) is 38.6. The number of hydrogen-bond acceptors (Lipinski definition) is 6. The Bertz CT molecular complexity index is 984.